The lowest BCUT2D eigenvalue weighted by Crippen LogP contribution is -2.62. The third kappa shape index (κ3) is 3.81. The largest absolute Gasteiger partial charge is 0.490 e. The summed E-state index contributed by atoms with van der Waals surface area (Å²) in [4.78, 5) is 18.5. The fraction of sp³-hybridized carbons (Fsp3) is 0.700. The standard InChI is InChI=1S/C20H31N5O3/c1-15-11-19(25(26)27)20(28-2)12-18(15)24-5-3-16(4-6-24)22-7-9-23(10-8-22)17-13-21-14-17/h11-12,16-17,21H,3-10,13-14H2,1-2H3. The Morgan fingerprint density at radius 2 is 1.64 bits per heavy atom. The Morgan fingerprint density at radius 3 is 2.14 bits per heavy atom. The van der Waals surface area contributed by atoms with E-state index < -0.39 is 0 Å². The number of hydrogen-bond acceptors (Lipinski definition) is 7. The minimum atomic E-state index is -0.374. The number of piperazine rings is 1. The van der Waals surface area contributed by atoms with Gasteiger partial charge in [-0.2, -0.15) is 0 Å². The molecule has 3 aliphatic rings. The number of nitro benzene ring substituents is 1. The molecule has 0 atom stereocenters. The first-order chi connectivity index (χ1) is 13.6. The molecule has 3 fully saturated rings. The van der Waals surface area contributed by atoms with Gasteiger partial charge in [0.05, 0.1) is 12.0 Å². The number of rotatable bonds is 5. The van der Waals surface area contributed by atoms with Crippen molar-refractivity contribution in [1.29, 1.82) is 0 Å². The average Bonchev–Trinajstić information content (AvgIpc) is 2.67. The predicted molar refractivity (Wildman–Crippen MR) is 109 cm³/mol. The summed E-state index contributed by atoms with van der Waals surface area (Å²) in [6.45, 7) is 10.9. The van der Waals surface area contributed by atoms with E-state index in [0.717, 1.165) is 56.3 Å². The van der Waals surface area contributed by atoms with Gasteiger partial charge < -0.3 is 15.0 Å². The van der Waals surface area contributed by atoms with Gasteiger partial charge in [-0.3, -0.25) is 19.9 Å². The van der Waals surface area contributed by atoms with Crippen LogP contribution in [0, 0.1) is 17.0 Å². The normalized spacial score (nSPS) is 22.9. The molecular weight excluding hydrogens is 358 g/mol. The predicted octanol–water partition coefficient (Wildman–Crippen LogP) is 1.47. The molecule has 1 N–H and O–H groups in total. The first kappa shape index (κ1) is 19.4. The van der Waals surface area contributed by atoms with E-state index >= 15 is 0 Å². The lowest BCUT2D eigenvalue weighted by Gasteiger charge is -2.47. The van der Waals surface area contributed by atoms with Crippen LogP contribution in [0.4, 0.5) is 11.4 Å². The number of hydrogen-bond donors (Lipinski definition) is 1. The van der Waals surface area contributed by atoms with E-state index in [2.05, 4.69) is 20.0 Å². The maximum atomic E-state index is 11.2. The lowest BCUT2D eigenvalue weighted by atomic mass is 10.00. The minimum absolute atomic E-state index is 0.0400. The second-order valence-electron chi connectivity index (χ2n) is 8.17. The first-order valence-electron chi connectivity index (χ1n) is 10.3. The van der Waals surface area contributed by atoms with Crippen LogP contribution in [0.2, 0.25) is 0 Å². The number of nitrogens with zero attached hydrogens (tertiary/aromatic N) is 4. The molecule has 0 radical (unpaired) electrons. The molecule has 1 aromatic carbocycles. The molecule has 0 bridgehead atoms. The van der Waals surface area contributed by atoms with Crippen LogP contribution in [-0.4, -0.2) is 86.3 Å². The van der Waals surface area contributed by atoms with Crippen molar-refractivity contribution in [2.75, 3.05) is 64.4 Å². The lowest BCUT2D eigenvalue weighted by molar-refractivity contribution is -0.385. The molecule has 3 saturated heterocycles. The number of aryl methyl sites for hydroxylation is 1. The summed E-state index contributed by atoms with van der Waals surface area (Å²) in [5, 5.41) is 14.6. The highest BCUT2D eigenvalue weighted by Crippen LogP contribution is 2.36. The van der Waals surface area contributed by atoms with Gasteiger partial charge in [0.2, 0.25) is 0 Å². The molecule has 1 aromatic rings. The van der Waals surface area contributed by atoms with E-state index in [-0.39, 0.29) is 10.6 Å². The maximum Gasteiger partial charge on any atom is 0.311 e. The number of anilines is 1. The van der Waals surface area contributed by atoms with Gasteiger partial charge in [-0.1, -0.05) is 0 Å². The highest BCUT2D eigenvalue weighted by Gasteiger charge is 2.32. The Balaban J connectivity index is 1.35. The molecular formula is C20H31N5O3. The number of ether oxygens (including phenoxy) is 1. The van der Waals surface area contributed by atoms with E-state index in [4.69, 9.17) is 4.74 Å². The van der Waals surface area contributed by atoms with Gasteiger partial charge in [0, 0.05) is 82.3 Å². The van der Waals surface area contributed by atoms with Gasteiger partial charge in [-0.25, -0.2) is 0 Å². The van der Waals surface area contributed by atoms with Gasteiger partial charge in [0.1, 0.15) is 0 Å². The summed E-state index contributed by atoms with van der Waals surface area (Å²) in [7, 11) is 1.49. The van der Waals surface area contributed by atoms with Gasteiger partial charge in [-0.05, 0) is 25.3 Å². The minimum Gasteiger partial charge on any atom is -0.490 e. The Morgan fingerprint density at radius 1 is 1.04 bits per heavy atom. The van der Waals surface area contributed by atoms with Crippen molar-refractivity contribution in [2.45, 2.75) is 31.8 Å². The number of benzene rings is 1. The average molecular weight is 390 g/mol. The van der Waals surface area contributed by atoms with Crippen LogP contribution in [0.15, 0.2) is 12.1 Å². The molecule has 8 nitrogen and oxygen atoms in total. The number of nitrogens with one attached hydrogen (secondary N) is 1. The molecule has 0 unspecified atom stereocenters. The Hall–Kier alpha value is -1.90. The van der Waals surface area contributed by atoms with Crippen molar-refractivity contribution in [3.05, 3.63) is 27.8 Å². The summed E-state index contributed by atoms with van der Waals surface area (Å²) in [6.07, 6.45) is 2.29. The highest BCUT2D eigenvalue weighted by atomic mass is 16.6. The summed E-state index contributed by atoms with van der Waals surface area (Å²) < 4.78 is 5.27. The first-order valence-corrected chi connectivity index (χ1v) is 10.3. The van der Waals surface area contributed by atoms with Crippen LogP contribution < -0.4 is 15.0 Å². The quantitative estimate of drug-likeness (QED) is 0.604. The van der Waals surface area contributed by atoms with Crippen LogP contribution in [0.3, 0.4) is 0 Å². The molecule has 3 heterocycles. The highest BCUT2D eigenvalue weighted by molar-refractivity contribution is 5.64. The molecule has 0 amide bonds. The van der Waals surface area contributed by atoms with Crippen LogP contribution in [0.1, 0.15) is 18.4 Å². The Kier molecular flexibility index (Phi) is 5.70. The van der Waals surface area contributed by atoms with Crippen molar-refractivity contribution in [3.8, 4) is 5.75 Å². The van der Waals surface area contributed by atoms with E-state index in [0.29, 0.717) is 11.8 Å². The molecule has 8 heteroatoms. The zero-order valence-electron chi connectivity index (χ0n) is 16.9. The molecule has 4 rings (SSSR count). The van der Waals surface area contributed by atoms with Crippen molar-refractivity contribution in [3.63, 3.8) is 0 Å². The molecule has 154 valence electrons. The number of nitro groups is 1. The van der Waals surface area contributed by atoms with Gasteiger partial charge in [0.25, 0.3) is 0 Å². The summed E-state index contributed by atoms with van der Waals surface area (Å²) in [6, 6.07) is 4.87. The zero-order chi connectivity index (χ0) is 19.7. The zero-order valence-corrected chi connectivity index (χ0v) is 16.9. The molecule has 0 aliphatic carbocycles. The van der Waals surface area contributed by atoms with Crippen LogP contribution in [-0.2, 0) is 0 Å². The second-order valence-corrected chi connectivity index (χ2v) is 8.17. The fourth-order valence-corrected chi connectivity index (χ4v) is 4.78. The fourth-order valence-electron chi connectivity index (χ4n) is 4.78. The smallest absolute Gasteiger partial charge is 0.311 e. The molecule has 0 aromatic heterocycles. The van der Waals surface area contributed by atoms with Crippen molar-refractivity contribution >= 4 is 11.4 Å². The topological polar surface area (TPSA) is 74.1 Å². The van der Waals surface area contributed by atoms with Crippen LogP contribution in [0.25, 0.3) is 0 Å². The molecule has 28 heavy (non-hydrogen) atoms. The molecule has 0 spiro atoms. The van der Waals surface area contributed by atoms with Gasteiger partial charge in [0.15, 0.2) is 5.75 Å². The third-order valence-electron chi connectivity index (χ3n) is 6.64. The third-order valence-corrected chi connectivity index (χ3v) is 6.64. The van der Waals surface area contributed by atoms with E-state index in [1.54, 1.807) is 6.07 Å². The molecule has 3 aliphatic heterocycles. The summed E-state index contributed by atoms with van der Waals surface area (Å²) in [5.74, 6) is 0.342. The van der Waals surface area contributed by atoms with E-state index in [1.807, 2.05) is 13.0 Å². The van der Waals surface area contributed by atoms with Gasteiger partial charge >= 0.3 is 5.69 Å². The second kappa shape index (κ2) is 8.23. The monoisotopic (exact) mass is 389 g/mol. The number of methoxy groups -OCH3 is 1. The van der Waals surface area contributed by atoms with Crippen LogP contribution >= 0.6 is 0 Å². The Bertz CT molecular complexity index is 708. The molecule has 0 saturated carbocycles. The van der Waals surface area contributed by atoms with Crippen molar-refractivity contribution < 1.29 is 9.66 Å². The van der Waals surface area contributed by atoms with E-state index in [9.17, 15) is 10.1 Å². The van der Waals surface area contributed by atoms with Crippen molar-refractivity contribution in [2.24, 2.45) is 0 Å². The number of piperidine rings is 1. The summed E-state index contributed by atoms with van der Waals surface area (Å²) in [5.41, 5.74) is 2.04. The Labute approximate surface area is 166 Å². The SMILES string of the molecule is COc1cc(N2CCC(N3CCN(C4CNC4)CC3)CC2)c(C)cc1[N+](=O)[O-]. The van der Waals surface area contributed by atoms with Crippen LogP contribution in [0.5, 0.6) is 5.75 Å². The summed E-state index contributed by atoms with van der Waals surface area (Å²) >= 11 is 0. The van der Waals surface area contributed by atoms with Gasteiger partial charge in [-0.15, -0.1) is 0 Å². The van der Waals surface area contributed by atoms with E-state index in [1.165, 1.54) is 33.3 Å². The van der Waals surface area contributed by atoms with Crippen molar-refractivity contribution in [1.82, 2.24) is 15.1 Å². The maximum absolute atomic E-state index is 11.2.